The van der Waals surface area contributed by atoms with Crippen LogP contribution in [0.3, 0.4) is 0 Å². The molecule has 3 rings (SSSR count). The maximum absolute atomic E-state index is 5.70. The highest BCUT2D eigenvalue weighted by Gasteiger charge is 2.23. The van der Waals surface area contributed by atoms with Gasteiger partial charge in [0.15, 0.2) is 5.96 Å². The van der Waals surface area contributed by atoms with E-state index in [2.05, 4.69) is 51.7 Å². The summed E-state index contributed by atoms with van der Waals surface area (Å²) in [5.41, 5.74) is 2.64. The number of guanidine groups is 1. The van der Waals surface area contributed by atoms with Gasteiger partial charge in [0.1, 0.15) is 0 Å². The molecule has 1 aromatic rings. The molecule has 1 aliphatic heterocycles. The van der Waals surface area contributed by atoms with Crippen LogP contribution in [0.15, 0.2) is 29.3 Å². The minimum absolute atomic E-state index is 0. The zero-order chi connectivity index (χ0) is 19.6. The lowest BCUT2D eigenvalue weighted by molar-refractivity contribution is 0.0170. The van der Waals surface area contributed by atoms with Crippen molar-refractivity contribution in [3.05, 3.63) is 35.4 Å². The largest absolute Gasteiger partial charge is 0.381 e. The number of halogens is 1. The topological polar surface area (TPSA) is 58.1 Å². The van der Waals surface area contributed by atoms with Crippen LogP contribution in [0.1, 0.15) is 36.4 Å². The predicted molar refractivity (Wildman–Crippen MR) is 129 cm³/mol. The first-order valence-corrected chi connectivity index (χ1v) is 10.7. The second-order valence-electron chi connectivity index (χ2n) is 7.83. The summed E-state index contributed by atoms with van der Waals surface area (Å²) < 4.78 is 11.3. The average molecular weight is 516 g/mol. The number of aryl methyl sites for hydroxylation is 1. The molecular formula is C22H37IN4O2. The number of aliphatic imine (C=N–C) groups is 1. The van der Waals surface area contributed by atoms with Crippen LogP contribution in [-0.2, 0) is 9.47 Å². The van der Waals surface area contributed by atoms with Gasteiger partial charge in [-0.15, -0.1) is 24.0 Å². The summed E-state index contributed by atoms with van der Waals surface area (Å²) in [7, 11) is 1.83. The molecule has 7 heteroatoms. The van der Waals surface area contributed by atoms with E-state index in [-0.39, 0.29) is 24.0 Å². The lowest BCUT2D eigenvalue weighted by Gasteiger charge is -2.35. The van der Waals surface area contributed by atoms with E-state index in [0.29, 0.717) is 6.04 Å². The molecule has 1 aliphatic carbocycles. The van der Waals surface area contributed by atoms with Gasteiger partial charge < -0.3 is 20.1 Å². The van der Waals surface area contributed by atoms with Crippen molar-refractivity contribution < 1.29 is 9.47 Å². The Balaban J connectivity index is 0.00000300. The van der Waals surface area contributed by atoms with Crippen molar-refractivity contribution in [2.75, 3.05) is 59.7 Å². The van der Waals surface area contributed by atoms with E-state index >= 15 is 0 Å². The first kappa shape index (κ1) is 24.4. The van der Waals surface area contributed by atoms with Gasteiger partial charge in [-0.1, -0.05) is 29.8 Å². The van der Waals surface area contributed by atoms with E-state index in [4.69, 9.17) is 9.47 Å². The first-order valence-electron chi connectivity index (χ1n) is 10.7. The molecule has 0 amide bonds. The lowest BCUT2D eigenvalue weighted by Crippen LogP contribution is -2.46. The normalized spacial score (nSPS) is 18.8. The number of rotatable bonds is 10. The first-order chi connectivity index (χ1) is 13.8. The fraction of sp³-hybridized carbons (Fsp3) is 0.682. The number of nitrogens with zero attached hydrogens (tertiary/aromatic N) is 2. The van der Waals surface area contributed by atoms with Gasteiger partial charge in [-0.2, -0.15) is 0 Å². The van der Waals surface area contributed by atoms with Crippen molar-refractivity contribution in [2.45, 2.75) is 32.2 Å². The van der Waals surface area contributed by atoms with Crippen LogP contribution in [0, 0.1) is 12.8 Å². The lowest BCUT2D eigenvalue weighted by atomic mass is 10.0. The summed E-state index contributed by atoms with van der Waals surface area (Å²) in [6, 6.07) is 9.12. The van der Waals surface area contributed by atoms with Crippen LogP contribution in [-0.4, -0.2) is 70.5 Å². The second kappa shape index (κ2) is 13.4. The van der Waals surface area contributed by atoms with Gasteiger partial charge >= 0.3 is 0 Å². The minimum Gasteiger partial charge on any atom is -0.381 e. The van der Waals surface area contributed by atoms with Crippen molar-refractivity contribution >= 4 is 29.9 Å². The van der Waals surface area contributed by atoms with E-state index < -0.39 is 0 Å². The highest BCUT2D eigenvalue weighted by molar-refractivity contribution is 14.0. The Morgan fingerprint density at radius 3 is 2.76 bits per heavy atom. The quantitative estimate of drug-likeness (QED) is 0.217. The van der Waals surface area contributed by atoms with Crippen LogP contribution in [0.25, 0.3) is 0 Å². The van der Waals surface area contributed by atoms with Gasteiger partial charge in [0.25, 0.3) is 0 Å². The van der Waals surface area contributed by atoms with Crippen molar-refractivity contribution in [2.24, 2.45) is 10.9 Å². The molecule has 2 fully saturated rings. The number of hydrogen-bond acceptors (Lipinski definition) is 4. The molecule has 0 radical (unpaired) electrons. The monoisotopic (exact) mass is 516 g/mol. The SMILES string of the molecule is CN=C(NCCCOCC1CC1)NCC(c1cccc(C)c1)N1CCOCC1.I. The van der Waals surface area contributed by atoms with E-state index in [1.807, 2.05) is 7.05 Å². The molecule has 1 saturated heterocycles. The number of ether oxygens (including phenoxy) is 2. The van der Waals surface area contributed by atoms with Crippen LogP contribution < -0.4 is 10.6 Å². The van der Waals surface area contributed by atoms with Crippen LogP contribution >= 0.6 is 24.0 Å². The summed E-state index contributed by atoms with van der Waals surface area (Å²) in [6.45, 7) is 9.13. The van der Waals surface area contributed by atoms with Gasteiger partial charge in [-0.05, 0) is 37.7 Å². The third-order valence-electron chi connectivity index (χ3n) is 5.41. The molecule has 1 atom stereocenters. The molecule has 2 N–H and O–H groups in total. The van der Waals surface area contributed by atoms with Crippen molar-refractivity contribution in [3.63, 3.8) is 0 Å². The molecule has 29 heavy (non-hydrogen) atoms. The third kappa shape index (κ3) is 8.78. The molecule has 164 valence electrons. The van der Waals surface area contributed by atoms with Crippen molar-refractivity contribution in [1.82, 2.24) is 15.5 Å². The van der Waals surface area contributed by atoms with E-state index in [1.165, 1.54) is 24.0 Å². The Labute approximate surface area is 192 Å². The fourth-order valence-corrected chi connectivity index (χ4v) is 3.55. The Morgan fingerprint density at radius 1 is 1.28 bits per heavy atom. The van der Waals surface area contributed by atoms with Gasteiger partial charge in [0.2, 0.25) is 0 Å². The molecule has 0 aromatic heterocycles. The summed E-state index contributed by atoms with van der Waals surface area (Å²) in [6.07, 6.45) is 3.69. The molecule has 0 bridgehead atoms. The smallest absolute Gasteiger partial charge is 0.191 e. The Bertz CT molecular complexity index is 619. The molecule has 1 aromatic carbocycles. The molecule has 1 saturated carbocycles. The summed E-state index contributed by atoms with van der Waals surface area (Å²) in [5.74, 6) is 1.69. The number of benzene rings is 1. The highest BCUT2D eigenvalue weighted by Crippen LogP contribution is 2.28. The van der Waals surface area contributed by atoms with Crippen LogP contribution in [0.5, 0.6) is 0 Å². The summed E-state index contributed by atoms with van der Waals surface area (Å²) >= 11 is 0. The van der Waals surface area contributed by atoms with Crippen LogP contribution in [0.4, 0.5) is 0 Å². The number of nitrogens with one attached hydrogen (secondary N) is 2. The molecule has 1 heterocycles. The standard InChI is InChI=1S/C22H36N4O2.HI/c1-18-5-3-6-20(15-18)21(26-10-13-27-14-11-26)16-25-22(23-2)24-9-4-12-28-17-19-7-8-19;/h3,5-6,15,19,21H,4,7-14,16-17H2,1-2H3,(H2,23,24,25);1H. The van der Waals surface area contributed by atoms with Gasteiger partial charge in [0.05, 0.1) is 19.3 Å². The van der Waals surface area contributed by atoms with Crippen LogP contribution in [0.2, 0.25) is 0 Å². The van der Waals surface area contributed by atoms with Gasteiger partial charge in [-0.25, -0.2) is 0 Å². The second-order valence-corrected chi connectivity index (χ2v) is 7.83. The number of morpholine rings is 1. The maximum Gasteiger partial charge on any atom is 0.191 e. The van der Waals surface area contributed by atoms with Crippen molar-refractivity contribution in [1.29, 1.82) is 0 Å². The summed E-state index contributed by atoms with van der Waals surface area (Å²) in [5, 5.41) is 6.93. The number of hydrogen-bond donors (Lipinski definition) is 2. The molecule has 2 aliphatic rings. The third-order valence-corrected chi connectivity index (χ3v) is 5.41. The Kier molecular flexibility index (Phi) is 11.3. The van der Waals surface area contributed by atoms with E-state index in [0.717, 1.165) is 70.9 Å². The zero-order valence-corrected chi connectivity index (χ0v) is 20.2. The fourth-order valence-electron chi connectivity index (χ4n) is 3.55. The molecule has 0 spiro atoms. The predicted octanol–water partition coefficient (Wildman–Crippen LogP) is 2.97. The molecule has 6 nitrogen and oxygen atoms in total. The molecule has 1 unspecified atom stereocenters. The van der Waals surface area contributed by atoms with E-state index in [1.54, 1.807) is 0 Å². The molecular weight excluding hydrogens is 479 g/mol. The van der Waals surface area contributed by atoms with Crippen molar-refractivity contribution in [3.8, 4) is 0 Å². The minimum atomic E-state index is 0. The average Bonchev–Trinajstić information content (AvgIpc) is 3.54. The zero-order valence-electron chi connectivity index (χ0n) is 17.9. The summed E-state index contributed by atoms with van der Waals surface area (Å²) in [4.78, 5) is 6.89. The van der Waals surface area contributed by atoms with Gasteiger partial charge in [0, 0.05) is 46.4 Å². The van der Waals surface area contributed by atoms with E-state index in [9.17, 15) is 0 Å². The van der Waals surface area contributed by atoms with Gasteiger partial charge in [-0.3, -0.25) is 9.89 Å². The highest BCUT2D eigenvalue weighted by atomic mass is 127. The maximum atomic E-state index is 5.70. The Hall–Kier alpha value is -0.900. The Morgan fingerprint density at radius 2 is 2.07 bits per heavy atom.